The summed E-state index contributed by atoms with van der Waals surface area (Å²) in [6.07, 6.45) is 3.53. The topological polar surface area (TPSA) is 94.3 Å². The number of thiol groups is 1. The first-order chi connectivity index (χ1) is 12.2. The van der Waals surface area contributed by atoms with Gasteiger partial charge in [0.25, 0.3) is 0 Å². The van der Waals surface area contributed by atoms with E-state index >= 15 is 0 Å². The highest BCUT2D eigenvalue weighted by molar-refractivity contribution is 7.80. The Kier molecular flexibility index (Phi) is 4.10. The molecule has 2 aromatic heterocycles. The van der Waals surface area contributed by atoms with E-state index in [0.717, 1.165) is 19.4 Å². The third-order valence-electron chi connectivity index (χ3n) is 4.10. The summed E-state index contributed by atoms with van der Waals surface area (Å²) in [5.74, 6) is 0.817. The maximum absolute atomic E-state index is 10.3. The molecule has 0 aliphatic carbocycles. The van der Waals surface area contributed by atoms with Gasteiger partial charge in [-0.2, -0.15) is 0 Å². The number of ether oxygens (including phenoxy) is 2. The number of phenolic OH excluding ortho intramolecular Hbond substituents is 1. The number of methoxy groups -OCH3 is 1. The molecule has 25 heavy (non-hydrogen) atoms. The van der Waals surface area contributed by atoms with Crippen molar-refractivity contribution in [1.29, 1.82) is 0 Å². The van der Waals surface area contributed by atoms with E-state index in [1.165, 1.54) is 7.11 Å². The molecule has 1 aliphatic heterocycles. The number of phenols is 1. The molecule has 8 nitrogen and oxygen atoms in total. The van der Waals surface area contributed by atoms with Gasteiger partial charge in [-0.15, -0.1) is 12.6 Å². The standard InChI is InChI=1S/C16H17N5O3S/c1-23-10-5-2-4-9(13(10)22)18-14-12-15(20-16(25)19-14)21(8-17-12)11-6-3-7-24-11/h2,4-5,8,11,22H,3,6-7H2,1H3,(H2,18,19,20,25). The molecule has 1 aromatic carbocycles. The summed E-state index contributed by atoms with van der Waals surface area (Å²) in [6, 6.07) is 5.17. The van der Waals surface area contributed by atoms with Crippen LogP contribution < -0.4 is 10.1 Å². The number of benzene rings is 1. The zero-order chi connectivity index (χ0) is 17.4. The summed E-state index contributed by atoms with van der Waals surface area (Å²) in [7, 11) is 1.50. The second-order valence-electron chi connectivity index (χ2n) is 5.65. The number of anilines is 2. The number of fused-ring (bicyclic) bond motifs is 1. The molecule has 1 fully saturated rings. The fourth-order valence-corrected chi connectivity index (χ4v) is 3.09. The van der Waals surface area contributed by atoms with Gasteiger partial charge in [-0.25, -0.2) is 15.0 Å². The van der Waals surface area contributed by atoms with Crippen molar-refractivity contribution in [1.82, 2.24) is 19.5 Å². The van der Waals surface area contributed by atoms with E-state index in [2.05, 4.69) is 32.9 Å². The first-order valence-corrected chi connectivity index (χ1v) is 8.30. The van der Waals surface area contributed by atoms with Crippen LogP contribution in [0.3, 0.4) is 0 Å². The fourth-order valence-electron chi connectivity index (χ4n) is 2.90. The van der Waals surface area contributed by atoms with Gasteiger partial charge in [0, 0.05) is 6.61 Å². The number of hydrogen-bond donors (Lipinski definition) is 3. The average molecular weight is 359 g/mol. The van der Waals surface area contributed by atoms with Crippen molar-refractivity contribution in [3.05, 3.63) is 24.5 Å². The maximum atomic E-state index is 10.3. The van der Waals surface area contributed by atoms with E-state index < -0.39 is 0 Å². The number of imidazole rings is 1. The Morgan fingerprint density at radius 1 is 1.40 bits per heavy atom. The quantitative estimate of drug-likeness (QED) is 0.374. The molecule has 2 N–H and O–H groups in total. The monoisotopic (exact) mass is 359 g/mol. The maximum Gasteiger partial charge on any atom is 0.188 e. The number of aromatic hydroxyl groups is 1. The Bertz CT molecular complexity index is 924. The van der Waals surface area contributed by atoms with E-state index in [4.69, 9.17) is 9.47 Å². The van der Waals surface area contributed by atoms with Gasteiger partial charge in [0.2, 0.25) is 0 Å². The highest BCUT2D eigenvalue weighted by Gasteiger charge is 2.22. The van der Waals surface area contributed by atoms with E-state index in [1.807, 2.05) is 4.57 Å². The van der Waals surface area contributed by atoms with Crippen molar-refractivity contribution in [3.63, 3.8) is 0 Å². The summed E-state index contributed by atoms with van der Waals surface area (Å²) in [5.41, 5.74) is 1.67. The van der Waals surface area contributed by atoms with E-state index in [-0.39, 0.29) is 12.0 Å². The number of nitrogens with one attached hydrogen (secondary N) is 1. The van der Waals surface area contributed by atoms with Gasteiger partial charge in [0.1, 0.15) is 6.23 Å². The zero-order valence-corrected chi connectivity index (χ0v) is 14.4. The fraction of sp³-hybridized carbons (Fsp3) is 0.312. The molecule has 3 heterocycles. The van der Waals surface area contributed by atoms with Crippen LogP contribution >= 0.6 is 12.6 Å². The molecule has 1 unspecified atom stereocenters. The minimum absolute atomic E-state index is 0.00367. The van der Waals surface area contributed by atoms with Gasteiger partial charge in [0.15, 0.2) is 33.6 Å². The first-order valence-electron chi connectivity index (χ1n) is 7.85. The summed E-state index contributed by atoms with van der Waals surface area (Å²) in [4.78, 5) is 13.1. The predicted molar refractivity (Wildman–Crippen MR) is 94.7 cm³/mol. The molecule has 0 saturated carbocycles. The Labute approximate surface area is 149 Å². The molecule has 3 aromatic rings. The molecule has 9 heteroatoms. The lowest BCUT2D eigenvalue weighted by atomic mass is 10.2. The van der Waals surface area contributed by atoms with Crippen molar-refractivity contribution in [2.24, 2.45) is 0 Å². The van der Waals surface area contributed by atoms with Gasteiger partial charge in [0.05, 0.1) is 19.1 Å². The molecule has 0 spiro atoms. The van der Waals surface area contributed by atoms with Crippen LogP contribution in [0, 0.1) is 0 Å². The van der Waals surface area contributed by atoms with Crippen molar-refractivity contribution in [3.8, 4) is 11.5 Å². The molecule has 0 radical (unpaired) electrons. The molecular formula is C16H17N5O3S. The van der Waals surface area contributed by atoms with Gasteiger partial charge in [-0.05, 0) is 25.0 Å². The van der Waals surface area contributed by atoms with Crippen molar-refractivity contribution in [2.45, 2.75) is 24.2 Å². The van der Waals surface area contributed by atoms with Crippen molar-refractivity contribution in [2.75, 3.05) is 19.0 Å². The van der Waals surface area contributed by atoms with Crippen LogP contribution in [0.25, 0.3) is 11.2 Å². The third-order valence-corrected chi connectivity index (χ3v) is 4.30. The summed E-state index contributed by atoms with van der Waals surface area (Å²) in [6.45, 7) is 0.728. The Balaban J connectivity index is 1.77. The van der Waals surface area contributed by atoms with Crippen molar-refractivity contribution >= 4 is 35.3 Å². The number of rotatable bonds is 4. The summed E-state index contributed by atoms with van der Waals surface area (Å²) >= 11 is 4.29. The lowest BCUT2D eigenvalue weighted by molar-refractivity contribution is 0.0592. The molecule has 1 atom stereocenters. The van der Waals surface area contributed by atoms with Crippen LogP contribution in [-0.2, 0) is 4.74 Å². The third kappa shape index (κ3) is 2.85. The van der Waals surface area contributed by atoms with Gasteiger partial charge >= 0.3 is 0 Å². The highest BCUT2D eigenvalue weighted by atomic mass is 32.1. The second-order valence-corrected chi connectivity index (χ2v) is 6.05. The van der Waals surface area contributed by atoms with Crippen LogP contribution in [0.5, 0.6) is 11.5 Å². The molecule has 0 amide bonds. The average Bonchev–Trinajstić information content (AvgIpc) is 3.25. The Morgan fingerprint density at radius 2 is 2.28 bits per heavy atom. The van der Waals surface area contributed by atoms with Crippen molar-refractivity contribution < 1.29 is 14.6 Å². The van der Waals surface area contributed by atoms with Gasteiger partial charge < -0.3 is 19.9 Å². The Hall–Kier alpha value is -2.52. The normalized spacial score (nSPS) is 17.1. The van der Waals surface area contributed by atoms with Crippen LogP contribution in [0.2, 0.25) is 0 Å². The summed E-state index contributed by atoms with van der Waals surface area (Å²) < 4.78 is 12.7. The van der Waals surface area contributed by atoms with Gasteiger partial charge in [-0.3, -0.25) is 4.57 Å². The molecule has 0 bridgehead atoms. The molecular weight excluding hydrogens is 342 g/mol. The van der Waals surface area contributed by atoms with Crippen LogP contribution in [0.1, 0.15) is 19.1 Å². The minimum Gasteiger partial charge on any atom is -0.503 e. The second kappa shape index (κ2) is 6.41. The van der Waals surface area contributed by atoms with E-state index in [0.29, 0.717) is 33.6 Å². The molecule has 1 aliphatic rings. The zero-order valence-electron chi connectivity index (χ0n) is 13.5. The molecule has 1 saturated heterocycles. The van der Waals surface area contributed by atoms with Crippen LogP contribution in [-0.4, -0.2) is 38.3 Å². The smallest absolute Gasteiger partial charge is 0.188 e. The lowest BCUT2D eigenvalue weighted by Gasteiger charge is -2.13. The van der Waals surface area contributed by atoms with E-state index in [1.54, 1.807) is 24.5 Å². The Morgan fingerprint density at radius 3 is 3.04 bits per heavy atom. The number of hydrogen-bond acceptors (Lipinski definition) is 8. The molecule has 4 rings (SSSR count). The number of aromatic nitrogens is 4. The number of para-hydroxylation sites is 1. The van der Waals surface area contributed by atoms with Gasteiger partial charge in [-0.1, -0.05) is 6.07 Å². The highest BCUT2D eigenvalue weighted by Crippen LogP contribution is 2.36. The SMILES string of the molecule is COc1cccc(Nc2nc(S)nc3c2ncn3C2CCCO2)c1O. The minimum atomic E-state index is -0.0781. The lowest BCUT2D eigenvalue weighted by Crippen LogP contribution is -2.07. The van der Waals surface area contributed by atoms with E-state index in [9.17, 15) is 5.11 Å². The number of nitrogens with zero attached hydrogens (tertiary/aromatic N) is 4. The largest absolute Gasteiger partial charge is 0.503 e. The van der Waals surface area contributed by atoms with Crippen LogP contribution in [0.15, 0.2) is 29.7 Å². The summed E-state index contributed by atoms with van der Waals surface area (Å²) in [5, 5.41) is 13.7. The van der Waals surface area contributed by atoms with Crippen LogP contribution in [0.4, 0.5) is 11.5 Å². The predicted octanol–water partition coefficient (Wildman–Crippen LogP) is 2.88. The molecule has 130 valence electrons. The first kappa shape index (κ1) is 16.0.